The molecule has 0 bridgehead atoms. The molecule has 0 amide bonds. The van der Waals surface area contributed by atoms with Crippen molar-refractivity contribution in [3.05, 3.63) is 0 Å². The molecule has 1 saturated heterocycles. The second kappa shape index (κ2) is 3.85. The van der Waals surface area contributed by atoms with Crippen LogP contribution in [0, 0.1) is 0 Å². The SMILES string of the molecule is N[C@@H]1CCCCOCC1. The molecule has 1 aliphatic heterocycles. The van der Waals surface area contributed by atoms with Crippen LogP contribution in [0.25, 0.3) is 0 Å². The molecule has 54 valence electrons. The van der Waals surface area contributed by atoms with Gasteiger partial charge in [-0.3, -0.25) is 0 Å². The van der Waals surface area contributed by atoms with E-state index in [0.29, 0.717) is 6.04 Å². The molecule has 1 atom stereocenters. The van der Waals surface area contributed by atoms with Crippen LogP contribution in [0.2, 0.25) is 0 Å². The smallest absolute Gasteiger partial charge is 0.0480 e. The zero-order valence-corrected chi connectivity index (χ0v) is 5.81. The topological polar surface area (TPSA) is 35.2 Å². The molecule has 0 saturated carbocycles. The predicted octanol–water partition coefficient (Wildman–Crippen LogP) is 0.904. The highest BCUT2D eigenvalue weighted by Crippen LogP contribution is 2.06. The molecule has 0 radical (unpaired) electrons. The van der Waals surface area contributed by atoms with E-state index in [-0.39, 0.29) is 0 Å². The van der Waals surface area contributed by atoms with Crippen LogP contribution in [0.15, 0.2) is 0 Å². The summed E-state index contributed by atoms with van der Waals surface area (Å²) in [6.45, 7) is 1.80. The van der Waals surface area contributed by atoms with E-state index in [1.165, 1.54) is 19.3 Å². The average molecular weight is 129 g/mol. The van der Waals surface area contributed by atoms with Gasteiger partial charge in [-0.15, -0.1) is 0 Å². The molecule has 0 aromatic heterocycles. The highest BCUT2D eigenvalue weighted by molar-refractivity contribution is 4.62. The standard InChI is InChI=1S/C7H15NO/c8-7-3-1-2-5-9-6-4-7/h7H,1-6,8H2/t7-/m1/s1. The molecule has 1 heterocycles. The van der Waals surface area contributed by atoms with Crippen molar-refractivity contribution < 1.29 is 4.74 Å². The van der Waals surface area contributed by atoms with Crippen LogP contribution in [0.3, 0.4) is 0 Å². The first-order chi connectivity index (χ1) is 4.39. The van der Waals surface area contributed by atoms with Crippen LogP contribution in [0.1, 0.15) is 25.7 Å². The summed E-state index contributed by atoms with van der Waals surface area (Å²) in [5.74, 6) is 0. The minimum absolute atomic E-state index is 0.394. The minimum Gasteiger partial charge on any atom is -0.381 e. The van der Waals surface area contributed by atoms with E-state index in [1.54, 1.807) is 0 Å². The number of hydrogen-bond acceptors (Lipinski definition) is 2. The van der Waals surface area contributed by atoms with Gasteiger partial charge in [-0.25, -0.2) is 0 Å². The molecule has 0 aliphatic carbocycles. The van der Waals surface area contributed by atoms with Crippen molar-refractivity contribution in [3.8, 4) is 0 Å². The Bertz CT molecular complexity index is 67.3. The Balaban J connectivity index is 2.12. The van der Waals surface area contributed by atoms with Gasteiger partial charge in [-0.2, -0.15) is 0 Å². The molecule has 9 heavy (non-hydrogen) atoms. The molecule has 1 rings (SSSR count). The summed E-state index contributed by atoms with van der Waals surface area (Å²) in [4.78, 5) is 0. The van der Waals surface area contributed by atoms with Gasteiger partial charge in [0.05, 0.1) is 0 Å². The molecular formula is C7H15NO. The zero-order valence-electron chi connectivity index (χ0n) is 5.81. The molecule has 1 aliphatic rings. The molecule has 0 spiro atoms. The molecule has 0 aromatic carbocycles. The second-order valence-corrected chi connectivity index (χ2v) is 2.66. The van der Waals surface area contributed by atoms with Gasteiger partial charge >= 0.3 is 0 Å². The first-order valence-electron chi connectivity index (χ1n) is 3.73. The Morgan fingerprint density at radius 3 is 2.89 bits per heavy atom. The zero-order chi connectivity index (χ0) is 6.53. The summed E-state index contributed by atoms with van der Waals surface area (Å²) in [6.07, 6.45) is 4.65. The maximum Gasteiger partial charge on any atom is 0.0480 e. The lowest BCUT2D eigenvalue weighted by Gasteiger charge is -2.14. The number of ether oxygens (including phenoxy) is 1. The van der Waals surface area contributed by atoms with E-state index in [9.17, 15) is 0 Å². The van der Waals surface area contributed by atoms with Crippen molar-refractivity contribution in [2.45, 2.75) is 31.7 Å². The summed E-state index contributed by atoms with van der Waals surface area (Å²) in [5.41, 5.74) is 5.72. The lowest BCUT2D eigenvalue weighted by atomic mass is 10.1. The predicted molar refractivity (Wildman–Crippen MR) is 37.3 cm³/mol. The lowest BCUT2D eigenvalue weighted by molar-refractivity contribution is 0.111. The third-order valence-corrected chi connectivity index (χ3v) is 1.75. The van der Waals surface area contributed by atoms with Gasteiger partial charge in [-0.1, -0.05) is 0 Å². The third kappa shape index (κ3) is 2.82. The number of hydrogen-bond donors (Lipinski definition) is 1. The molecule has 0 aromatic rings. The van der Waals surface area contributed by atoms with Crippen molar-refractivity contribution in [2.24, 2.45) is 5.73 Å². The summed E-state index contributed by atoms with van der Waals surface area (Å²) in [5, 5.41) is 0. The molecule has 2 heteroatoms. The maximum atomic E-state index is 5.72. The fourth-order valence-electron chi connectivity index (χ4n) is 1.09. The van der Waals surface area contributed by atoms with Gasteiger partial charge in [-0.05, 0) is 25.7 Å². The monoisotopic (exact) mass is 129 g/mol. The highest BCUT2D eigenvalue weighted by Gasteiger charge is 2.04. The van der Waals surface area contributed by atoms with Crippen molar-refractivity contribution in [3.63, 3.8) is 0 Å². The highest BCUT2D eigenvalue weighted by atomic mass is 16.5. The van der Waals surface area contributed by atoms with Gasteiger partial charge in [0.25, 0.3) is 0 Å². The Hall–Kier alpha value is -0.0800. The first-order valence-corrected chi connectivity index (χ1v) is 3.73. The van der Waals surface area contributed by atoms with Crippen LogP contribution in [0.5, 0.6) is 0 Å². The maximum absolute atomic E-state index is 5.72. The van der Waals surface area contributed by atoms with Crippen LogP contribution in [-0.4, -0.2) is 19.3 Å². The Morgan fingerprint density at radius 2 is 2.00 bits per heavy atom. The van der Waals surface area contributed by atoms with Gasteiger partial charge in [0.15, 0.2) is 0 Å². The number of nitrogens with two attached hydrogens (primary N) is 1. The molecular weight excluding hydrogens is 114 g/mol. The van der Waals surface area contributed by atoms with Crippen molar-refractivity contribution in [1.29, 1.82) is 0 Å². The summed E-state index contributed by atoms with van der Waals surface area (Å²) in [7, 11) is 0. The first kappa shape index (κ1) is 7.03. The van der Waals surface area contributed by atoms with Crippen LogP contribution in [-0.2, 0) is 4.74 Å². The molecule has 1 fully saturated rings. The van der Waals surface area contributed by atoms with Crippen LogP contribution < -0.4 is 5.73 Å². The Morgan fingerprint density at radius 1 is 1.11 bits per heavy atom. The summed E-state index contributed by atoms with van der Waals surface area (Å²) < 4.78 is 5.26. The normalized spacial score (nSPS) is 31.0. The lowest BCUT2D eigenvalue weighted by Crippen LogP contribution is -2.23. The van der Waals surface area contributed by atoms with E-state index in [4.69, 9.17) is 10.5 Å². The fraction of sp³-hybridized carbons (Fsp3) is 1.00. The van der Waals surface area contributed by atoms with Crippen molar-refractivity contribution >= 4 is 0 Å². The van der Waals surface area contributed by atoms with Crippen molar-refractivity contribution in [1.82, 2.24) is 0 Å². The van der Waals surface area contributed by atoms with Crippen LogP contribution in [0.4, 0.5) is 0 Å². The van der Waals surface area contributed by atoms with Crippen molar-refractivity contribution in [2.75, 3.05) is 13.2 Å². The third-order valence-electron chi connectivity index (χ3n) is 1.75. The fourth-order valence-corrected chi connectivity index (χ4v) is 1.09. The molecule has 0 unspecified atom stereocenters. The summed E-state index contributed by atoms with van der Waals surface area (Å²) >= 11 is 0. The molecule has 2 nitrogen and oxygen atoms in total. The van der Waals surface area contributed by atoms with E-state index in [2.05, 4.69) is 0 Å². The Labute approximate surface area is 56.4 Å². The van der Waals surface area contributed by atoms with Gasteiger partial charge in [0.2, 0.25) is 0 Å². The van der Waals surface area contributed by atoms with Crippen LogP contribution >= 0.6 is 0 Å². The quantitative estimate of drug-likeness (QED) is 0.527. The second-order valence-electron chi connectivity index (χ2n) is 2.66. The Kier molecular flexibility index (Phi) is 3.01. The van der Waals surface area contributed by atoms with E-state index >= 15 is 0 Å². The average Bonchev–Trinajstić information content (AvgIpc) is 1.79. The van der Waals surface area contributed by atoms with Gasteiger partial charge in [0, 0.05) is 19.3 Å². The van der Waals surface area contributed by atoms with E-state index in [1.807, 2.05) is 0 Å². The van der Waals surface area contributed by atoms with E-state index in [0.717, 1.165) is 19.6 Å². The van der Waals surface area contributed by atoms with E-state index < -0.39 is 0 Å². The van der Waals surface area contributed by atoms with Gasteiger partial charge in [0.1, 0.15) is 0 Å². The molecule has 2 N–H and O–H groups in total. The minimum atomic E-state index is 0.394. The summed E-state index contributed by atoms with van der Waals surface area (Å²) in [6, 6.07) is 0.394. The number of rotatable bonds is 0. The largest absolute Gasteiger partial charge is 0.381 e. The van der Waals surface area contributed by atoms with Gasteiger partial charge < -0.3 is 10.5 Å².